The van der Waals surface area contributed by atoms with E-state index in [0.717, 1.165) is 18.4 Å². The smallest absolute Gasteiger partial charge is 0.126 e. The Morgan fingerprint density at radius 2 is 1.29 bits per heavy atom. The van der Waals surface area contributed by atoms with Crippen molar-refractivity contribution in [2.45, 2.75) is 45.7 Å². The summed E-state index contributed by atoms with van der Waals surface area (Å²) in [4.78, 5) is 0. The van der Waals surface area contributed by atoms with Crippen LogP contribution in [0.4, 0.5) is 0 Å². The molecule has 0 aliphatic carbocycles. The summed E-state index contributed by atoms with van der Waals surface area (Å²) in [6.45, 7) is 12.2. The van der Waals surface area contributed by atoms with Gasteiger partial charge in [0.15, 0.2) is 0 Å². The lowest BCUT2D eigenvalue weighted by Gasteiger charge is -2.44. The summed E-state index contributed by atoms with van der Waals surface area (Å²) in [6.07, 6.45) is 0. The second-order valence-electron chi connectivity index (χ2n) is 8.75. The van der Waals surface area contributed by atoms with Crippen molar-refractivity contribution in [3.8, 4) is 5.75 Å². The molecule has 0 spiro atoms. The zero-order valence-corrected chi connectivity index (χ0v) is 18.8. The number of aryl methyl sites for hydroxylation is 2. The van der Waals surface area contributed by atoms with Crippen LogP contribution in [0, 0.1) is 13.8 Å². The highest BCUT2D eigenvalue weighted by molar-refractivity contribution is 7.04. The normalized spacial score (nSPS) is 12.0. The molecule has 0 radical (unpaired) electrons. The van der Waals surface area contributed by atoms with Crippen LogP contribution in [0.5, 0.6) is 5.75 Å². The second-order valence-corrected chi connectivity index (χ2v) is 13.7. The minimum atomic E-state index is -2.06. The highest BCUT2D eigenvalue weighted by Gasteiger charge is 2.47. The SMILES string of the molecule is Cc1ccc(OCC[Si](c2ccccc2)(c2ccccc2)C(C)(C)C)c(C)c1. The number of rotatable bonds is 6. The molecule has 0 saturated carbocycles. The Labute approximate surface area is 171 Å². The summed E-state index contributed by atoms with van der Waals surface area (Å²) in [5.74, 6) is 1.00. The molecule has 0 atom stereocenters. The van der Waals surface area contributed by atoms with E-state index < -0.39 is 8.07 Å². The quantitative estimate of drug-likeness (QED) is 0.489. The Kier molecular flexibility index (Phi) is 6.10. The monoisotopic (exact) mass is 388 g/mol. The fraction of sp³-hybridized carbons (Fsp3) is 0.308. The summed E-state index contributed by atoms with van der Waals surface area (Å²) in [5, 5.41) is 3.14. The lowest BCUT2D eigenvalue weighted by molar-refractivity contribution is 0.335. The van der Waals surface area contributed by atoms with Gasteiger partial charge in [-0.25, -0.2) is 0 Å². The van der Waals surface area contributed by atoms with E-state index in [9.17, 15) is 0 Å². The van der Waals surface area contributed by atoms with E-state index in [1.54, 1.807) is 0 Å². The van der Waals surface area contributed by atoms with Gasteiger partial charge >= 0.3 is 0 Å². The molecule has 0 aliphatic rings. The Hall–Kier alpha value is -2.32. The van der Waals surface area contributed by atoms with Crippen LogP contribution in [-0.2, 0) is 0 Å². The topological polar surface area (TPSA) is 9.23 Å². The minimum absolute atomic E-state index is 0.168. The van der Waals surface area contributed by atoms with E-state index in [2.05, 4.69) is 113 Å². The first-order valence-corrected chi connectivity index (χ1v) is 12.4. The fourth-order valence-electron chi connectivity index (χ4n) is 4.42. The van der Waals surface area contributed by atoms with Crippen LogP contribution in [0.3, 0.4) is 0 Å². The van der Waals surface area contributed by atoms with Crippen LogP contribution in [-0.4, -0.2) is 14.7 Å². The molecule has 0 heterocycles. The molecule has 1 nitrogen and oxygen atoms in total. The second kappa shape index (κ2) is 8.36. The van der Waals surface area contributed by atoms with Gasteiger partial charge in [-0.1, -0.05) is 110 Å². The Morgan fingerprint density at radius 3 is 1.75 bits per heavy atom. The van der Waals surface area contributed by atoms with Crippen LogP contribution < -0.4 is 15.1 Å². The predicted octanol–water partition coefficient (Wildman–Crippen LogP) is 5.75. The van der Waals surface area contributed by atoms with Gasteiger partial charge in [0.25, 0.3) is 0 Å². The molecule has 0 aromatic heterocycles. The zero-order valence-electron chi connectivity index (χ0n) is 17.8. The average molecular weight is 389 g/mol. The van der Waals surface area contributed by atoms with E-state index in [-0.39, 0.29) is 5.04 Å². The molecule has 0 N–H and O–H groups in total. The van der Waals surface area contributed by atoms with Gasteiger partial charge in [-0.05, 0) is 36.6 Å². The summed E-state index contributed by atoms with van der Waals surface area (Å²) in [5.41, 5.74) is 2.49. The lowest BCUT2D eigenvalue weighted by Crippen LogP contribution is -2.64. The van der Waals surface area contributed by atoms with Crippen molar-refractivity contribution in [3.63, 3.8) is 0 Å². The van der Waals surface area contributed by atoms with Crippen molar-refractivity contribution in [3.05, 3.63) is 90.0 Å². The van der Waals surface area contributed by atoms with Gasteiger partial charge in [-0.2, -0.15) is 0 Å². The van der Waals surface area contributed by atoms with Crippen LogP contribution in [0.25, 0.3) is 0 Å². The van der Waals surface area contributed by atoms with Crippen molar-refractivity contribution in [2.24, 2.45) is 0 Å². The third kappa shape index (κ3) is 4.07. The first-order chi connectivity index (χ1) is 13.3. The highest BCUT2D eigenvalue weighted by Crippen LogP contribution is 2.38. The van der Waals surface area contributed by atoms with Gasteiger partial charge in [0.2, 0.25) is 0 Å². The molecule has 0 saturated heterocycles. The Morgan fingerprint density at radius 1 is 0.750 bits per heavy atom. The van der Waals surface area contributed by atoms with Gasteiger partial charge in [0.1, 0.15) is 13.8 Å². The standard InChI is InChI=1S/C26H32OSi/c1-21-16-17-25(22(2)20-21)27-18-19-28(26(3,4)5,23-12-8-6-9-13-23)24-14-10-7-11-15-24/h6-17,20H,18-19H2,1-5H3. The third-order valence-electron chi connectivity index (χ3n) is 5.88. The van der Waals surface area contributed by atoms with Gasteiger partial charge < -0.3 is 4.74 Å². The highest BCUT2D eigenvalue weighted by atomic mass is 28.3. The molecule has 0 fully saturated rings. The molecule has 28 heavy (non-hydrogen) atoms. The molecule has 3 rings (SSSR count). The first-order valence-electron chi connectivity index (χ1n) is 10.2. The van der Waals surface area contributed by atoms with Crippen molar-refractivity contribution >= 4 is 18.4 Å². The van der Waals surface area contributed by atoms with Crippen molar-refractivity contribution in [1.82, 2.24) is 0 Å². The van der Waals surface area contributed by atoms with Crippen molar-refractivity contribution < 1.29 is 4.74 Å². The lowest BCUT2D eigenvalue weighted by atomic mass is 10.1. The number of ether oxygens (including phenoxy) is 1. The number of hydrogen-bond acceptors (Lipinski definition) is 1. The predicted molar refractivity (Wildman–Crippen MR) is 124 cm³/mol. The number of benzene rings is 3. The molecule has 146 valence electrons. The molecule has 0 bridgehead atoms. The summed E-state index contributed by atoms with van der Waals surface area (Å²) < 4.78 is 6.32. The molecule has 0 amide bonds. The average Bonchev–Trinajstić information content (AvgIpc) is 2.67. The van der Waals surface area contributed by atoms with E-state index in [0.29, 0.717) is 0 Å². The van der Waals surface area contributed by atoms with Crippen LogP contribution >= 0.6 is 0 Å². The maximum absolute atomic E-state index is 6.32. The van der Waals surface area contributed by atoms with Gasteiger partial charge in [0.05, 0.1) is 6.61 Å². The van der Waals surface area contributed by atoms with E-state index in [1.807, 2.05) is 0 Å². The molecule has 2 heteroatoms. The van der Waals surface area contributed by atoms with Gasteiger partial charge in [0, 0.05) is 0 Å². The molecule has 3 aromatic rings. The summed E-state index contributed by atoms with van der Waals surface area (Å²) in [6, 6.07) is 29.7. The van der Waals surface area contributed by atoms with Crippen molar-refractivity contribution in [2.75, 3.05) is 6.61 Å². The van der Waals surface area contributed by atoms with Gasteiger partial charge in [-0.3, -0.25) is 0 Å². The van der Waals surface area contributed by atoms with E-state index >= 15 is 0 Å². The molecular weight excluding hydrogens is 356 g/mol. The Bertz CT molecular complexity index is 855. The largest absolute Gasteiger partial charge is 0.494 e. The third-order valence-corrected chi connectivity index (χ3v) is 12.0. The van der Waals surface area contributed by atoms with Gasteiger partial charge in [-0.15, -0.1) is 0 Å². The van der Waals surface area contributed by atoms with Crippen LogP contribution in [0.15, 0.2) is 78.9 Å². The number of hydrogen-bond donors (Lipinski definition) is 0. The maximum Gasteiger partial charge on any atom is 0.126 e. The molecule has 0 aliphatic heterocycles. The fourth-order valence-corrected chi connectivity index (χ4v) is 9.74. The van der Waals surface area contributed by atoms with E-state index in [4.69, 9.17) is 4.74 Å². The Balaban J connectivity index is 1.98. The minimum Gasteiger partial charge on any atom is -0.494 e. The van der Waals surface area contributed by atoms with Crippen molar-refractivity contribution in [1.29, 1.82) is 0 Å². The zero-order chi connectivity index (χ0) is 20.2. The first kappa shape index (κ1) is 20.4. The van der Waals surface area contributed by atoms with E-state index in [1.165, 1.54) is 21.5 Å². The maximum atomic E-state index is 6.32. The van der Waals surface area contributed by atoms with Crippen LogP contribution in [0.2, 0.25) is 11.1 Å². The summed E-state index contributed by atoms with van der Waals surface area (Å²) >= 11 is 0. The molecule has 3 aromatic carbocycles. The van der Waals surface area contributed by atoms with Crippen LogP contribution in [0.1, 0.15) is 31.9 Å². The molecule has 0 unspecified atom stereocenters. The molecular formula is C26H32OSi. The summed E-state index contributed by atoms with van der Waals surface area (Å²) in [7, 11) is -2.06.